The Kier molecular flexibility index (Phi) is 8.35. The molecule has 0 fully saturated rings. The van der Waals surface area contributed by atoms with Gasteiger partial charge in [0, 0.05) is 11.5 Å². The third-order valence-electron chi connectivity index (χ3n) is 4.67. The van der Waals surface area contributed by atoms with E-state index in [9.17, 15) is 18.8 Å². The van der Waals surface area contributed by atoms with Gasteiger partial charge in [-0.05, 0) is 43.0 Å². The van der Waals surface area contributed by atoms with Gasteiger partial charge in [-0.1, -0.05) is 53.2 Å². The lowest BCUT2D eigenvalue weighted by atomic mass is 9.90. The summed E-state index contributed by atoms with van der Waals surface area (Å²) in [5, 5.41) is 5.91. The highest BCUT2D eigenvalue weighted by atomic mass is 79.9. The summed E-state index contributed by atoms with van der Waals surface area (Å²) in [6.45, 7) is 1.80. The number of amides is 4. The molecule has 2 rings (SSSR count). The van der Waals surface area contributed by atoms with E-state index in [1.165, 1.54) is 19.2 Å². The van der Waals surface area contributed by atoms with Gasteiger partial charge in [-0.2, -0.15) is 0 Å². The zero-order valence-electron chi connectivity index (χ0n) is 16.7. The second-order valence-corrected chi connectivity index (χ2v) is 7.71. The van der Waals surface area contributed by atoms with Gasteiger partial charge in [-0.3, -0.25) is 0 Å². The number of anilines is 1. The number of hydrogen-bond acceptors (Lipinski definition) is 3. The van der Waals surface area contributed by atoms with Crippen molar-refractivity contribution >= 4 is 40.0 Å². The maximum absolute atomic E-state index is 13.8. The molecule has 2 aromatic rings. The van der Waals surface area contributed by atoms with Crippen molar-refractivity contribution in [3.05, 3.63) is 64.4 Å². The number of aldehydes is 1. The Balaban J connectivity index is 1.95. The number of nitrogens with zero attached hydrogens (tertiary/aromatic N) is 1. The maximum atomic E-state index is 13.8. The number of nitrogens with one attached hydrogen (secondary N) is 3. The molecule has 0 saturated heterocycles. The topological polar surface area (TPSA) is 90.5 Å². The van der Waals surface area contributed by atoms with Crippen molar-refractivity contribution in [2.75, 3.05) is 12.4 Å². The molecule has 1 atom stereocenters. The minimum atomic E-state index is -1.07. The first-order valence-electron chi connectivity index (χ1n) is 9.37. The van der Waals surface area contributed by atoms with E-state index in [1.807, 2.05) is 30.3 Å². The lowest BCUT2D eigenvalue weighted by molar-refractivity contribution is -0.113. The number of hydrogen-bond donors (Lipinski definition) is 3. The zero-order chi connectivity index (χ0) is 22.1. The molecule has 0 aliphatic heterocycles. The lowest BCUT2D eigenvalue weighted by Gasteiger charge is -2.30. The summed E-state index contributed by atoms with van der Waals surface area (Å²) in [4.78, 5) is 36.4. The van der Waals surface area contributed by atoms with Gasteiger partial charge < -0.3 is 15.4 Å². The quantitative estimate of drug-likeness (QED) is 0.410. The highest BCUT2D eigenvalue weighted by Gasteiger charge is 2.31. The second-order valence-electron chi connectivity index (χ2n) is 6.79. The van der Waals surface area contributed by atoms with E-state index >= 15 is 0 Å². The van der Waals surface area contributed by atoms with E-state index in [1.54, 1.807) is 13.0 Å². The third-order valence-corrected chi connectivity index (χ3v) is 5.16. The summed E-state index contributed by atoms with van der Waals surface area (Å²) in [5.41, 5.74) is 2.23. The van der Waals surface area contributed by atoms with E-state index in [-0.39, 0.29) is 5.69 Å². The van der Waals surface area contributed by atoms with Crippen molar-refractivity contribution in [2.45, 2.75) is 31.7 Å². The number of halogens is 2. The normalized spacial score (nSPS) is 12.4. The van der Waals surface area contributed by atoms with Crippen LogP contribution in [0.2, 0.25) is 0 Å². The van der Waals surface area contributed by atoms with Gasteiger partial charge in [-0.25, -0.2) is 24.4 Å². The van der Waals surface area contributed by atoms with Crippen molar-refractivity contribution in [1.29, 1.82) is 0 Å². The van der Waals surface area contributed by atoms with E-state index in [0.717, 1.165) is 16.9 Å². The Morgan fingerprint density at radius 3 is 2.50 bits per heavy atom. The summed E-state index contributed by atoms with van der Waals surface area (Å²) in [6.07, 6.45) is 2.12. The molecule has 0 heterocycles. The first-order valence-corrected chi connectivity index (χ1v) is 10.2. The maximum Gasteiger partial charge on any atom is 0.338 e. The van der Waals surface area contributed by atoms with E-state index < -0.39 is 23.4 Å². The number of hydrazine groups is 1. The average molecular weight is 479 g/mol. The molecule has 0 saturated carbocycles. The Morgan fingerprint density at radius 2 is 1.90 bits per heavy atom. The van der Waals surface area contributed by atoms with Crippen LogP contribution in [0.1, 0.15) is 25.3 Å². The van der Waals surface area contributed by atoms with Gasteiger partial charge in [-0.15, -0.1) is 0 Å². The molecular weight excluding hydrogens is 455 g/mol. The van der Waals surface area contributed by atoms with Crippen LogP contribution < -0.4 is 16.1 Å². The van der Waals surface area contributed by atoms with Crippen LogP contribution in [0.15, 0.2) is 53.0 Å². The summed E-state index contributed by atoms with van der Waals surface area (Å²) in [6, 6.07) is 12.3. The summed E-state index contributed by atoms with van der Waals surface area (Å²) >= 11 is 3.13. The highest BCUT2D eigenvalue weighted by Crippen LogP contribution is 2.19. The third kappa shape index (κ3) is 6.55. The van der Waals surface area contributed by atoms with Gasteiger partial charge >= 0.3 is 12.1 Å². The first-order chi connectivity index (χ1) is 14.3. The highest BCUT2D eigenvalue weighted by molar-refractivity contribution is 9.10. The van der Waals surface area contributed by atoms with Gasteiger partial charge in [0.2, 0.25) is 0 Å². The minimum Gasteiger partial charge on any atom is -0.324 e. The van der Waals surface area contributed by atoms with Crippen molar-refractivity contribution in [2.24, 2.45) is 0 Å². The number of aryl methyl sites for hydroxylation is 1. The standard InChI is InChI=1S/C21H24BrFN4O3/c1-3-21(14-28,12-11-15-7-5-4-6-8-15)25-20(30)27(2)26-19(29)24-18-10-9-16(22)13-17(18)23/h4-10,13-14H,3,11-12H2,1-2H3,(H,25,30)(H2,24,26,29). The van der Waals surface area contributed by atoms with Crippen molar-refractivity contribution in [3.8, 4) is 0 Å². The van der Waals surface area contributed by atoms with Gasteiger partial charge in [0.05, 0.1) is 11.2 Å². The Bertz CT molecular complexity index is 897. The molecule has 4 amide bonds. The molecule has 3 N–H and O–H groups in total. The number of carbonyl (C=O) groups excluding carboxylic acids is 3. The fourth-order valence-electron chi connectivity index (χ4n) is 2.75. The van der Waals surface area contributed by atoms with Crippen LogP contribution in [0.3, 0.4) is 0 Å². The Labute approximate surface area is 183 Å². The van der Waals surface area contributed by atoms with Crippen molar-refractivity contribution in [1.82, 2.24) is 15.8 Å². The van der Waals surface area contributed by atoms with Crippen LogP contribution in [0.5, 0.6) is 0 Å². The minimum absolute atomic E-state index is 0.0387. The van der Waals surface area contributed by atoms with E-state index in [0.29, 0.717) is 23.7 Å². The zero-order valence-corrected chi connectivity index (χ0v) is 18.3. The smallest absolute Gasteiger partial charge is 0.324 e. The largest absolute Gasteiger partial charge is 0.338 e. The predicted octanol–water partition coefficient (Wildman–Crippen LogP) is 4.25. The Hall–Kier alpha value is -2.94. The van der Waals surface area contributed by atoms with Crippen LogP contribution in [0.4, 0.5) is 19.7 Å². The molecule has 7 nitrogen and oxygen atoms in total. The van der Waals surface area contributed by atoms with E-state index in [2.05, 4.69) is 32.0 Å². The van der Waals surface area contributed by atoms with Crippen LogP contribution >= 0.6 is 15.9 Å². The number of rotatable bonds is 7. The number of benzene rings is 2. The van der Waals surface area contributed by atoms with Crippen LogP contribution in [0, 0.1) is 5.82 Å². The van der Waals surface area contributed by atoms with Crippen LogP contribution in [-0.4, -0.2) is 35.9 Å². The molecule has 0 bridgehead atoms. The molecule has 160 valence electrons. The molecule has 0 radical (unpaired) electrons. The van der Waals surface area contributed by atoms with E-state index in [4.69, 9.17) is 0 Å². The van der Waals surface area contributed by atoms with Crippen LogP contribution in [-0.2, 0) is 11.2 Å². The van der Waals surface area contributed by atoms with Gasteiger partial charge in [0.1, 0.15) is 12.1 Å². The summed E-state index contributed by atoms with van der Waals surface area (Å²) in [5.74, 6) is -0.626. The van der Waals surface area contributed by atoms with Gasteiger partial charge in [0.25, 0.3) is 0 Å². The van der Waals surface area contributed by atoms with Crippen molar-refractivity contribution < 1.29 is 18.8 Å². The van der Waals surface area contributed by atoms with Gasteiger partial charge in [0.15, 0.2) is 0 Å². The van der Waals surface area contributed by atoms with Crippen LogP contribution in [0.25, 0.3) is 0 Å². The monoisotopic (exact) mass is 478 g/mol. The fourth-order valence-corrected chi connectivity index (χ4v) is 3.09. The second kappa shape index (κ2) is 10.7. The average Bonchev–Trinajstić information content (AvgIpc) is 2.73. The molecular formula is C21H24BrFN4O3. The molecule has 0 aliphatic rings. The fraction of sp³-hybridized carbons (Fsp3) is 0.286. The number of urea groups is 2. The molecule has 1 unspecified atom stereocenters. The van der Waals surface area contributed by atoms with Crippen molar-refractivity contribution in [3.63, 3.8) is 0 Å². The molecule has 0 aliphatic carbocycles. The molecule has 9 heteroatoms. The SMILES string of the molecule is CCC(C=O)(CCc1ccccc1)NC(=O)N(C)NC(=O)Nc1ccc(Br)cc1F. The predicted molar refractivity (Wildman–Crippen MR) is 116 cm³/mol. The molecule has 30 heavy (non-hydrogen) atoms. The summed E-state index contributed by atoms with van der Waals surface area (Å²) in [7, 11) is 1.33. The molecule has 2 aromatic carbocycles. The lowest BCUT2D eigenvalue weighted by Crippen LogP contribution is -2.57. The molecule has 0 spiro atoms. The first kappa shape index (κ1) is 23.3. The summed E-state index contributed by atoms with van der Waals surface area (Å²) < 4.78 is 14.4. The molecule has 0 aromatic heterocycles. The Morgan fingerprint density at radius 1 is 1.20 bits per heavy atom. The number of carbonyl (C=O) groups is 3.